The van der Waals surface area contributed by atoms with Crippen LogP contribution >= 0.6 is 11.6 Å². The van der Waals surface area contributed by atoms with Crippen LogP contribution in [0.5, 0.6) is 0 Å². The Morgan fingerprint density at radius 1 is 1.20 bits per heavy atom. The number of nitrogens with zero attached hydrogens (tertiary/aromatic N) is 1. The summed E-state index contributed by atoms with van der Waals surface area (Å²) in [5.74, 6) is -0.243. The maximum Gasteiger partial charge on any atom is 0.125 e. The van der Waals surface area contributed by atoms with Gasteiger partial charge in [0.2, 0.25) is 0 Å². The van der Waals surface area contributed by atoms with Crippen molar-refractivity contribution in [2.45, 2.75) is 19.4 Å². The zero-order chi connectivity index (χ0) is 14.3. The van der Waals surface area contributed by atoms with Crippen molar-refractivity contribution in [2.75, 3.05) is 11.4 Å². The average Bonchev–Trinajstić information content (AvgIpc) is 2.81. The normalized spacial score (nSPS) is 15.3. The van der Waals surface area contributed by atoms with E-state index >= 15 is 0 Å². The van der Waals surface area contributed by atoms with Gasteiger partial charge in [-0.05, 0) is 48.7 Å². The first kappa shape index (κ1) is 13.4. The van der Waals surface area contributed by atoms with Crippen LogP contribution in [0.25, 0.3) is 0 Å². The molecule has 1 aliphatic heterocycles. The van der Waals surface area contributed by atoms with Crippen LogP contribution in [0.15, 0.2) is 36.4 Å². The molecule has 1 N–H and O–H groups in total. The van der Waals surface area contributed by atoms with Gasteiger partial charge in [-0.25, -0.2) is 4.39 Å². The fourth-order valence-corrected chi connectivity index (χ4v) is 2.90. The van der Waals surface area contributed by atoms with Crippen molar-refractivity contribution in [1.29, 1.82) is 0 Å². The summed E-state index contributed by atoms with van der Waals surface area (Å²) in [7, 11) is 0. The number of benzene rings is 2. The van der Waals surface area contributed by atoms with Gasteiger partial charge in [-0.15, -0.1) is 0 Å². The Morgan fingerprint density at radius 2 is 2.00 bits per heavy atom. The molecule has 0 amide bonds. The van der Waals surface area contributed by atoms with Gasteiger partial charge in [0.15, 0.2) is 0 Å². The van der Waals surface area contributed by atoms with Crippen molar-refractivity contribution in [3.8, 4) is 0 Å². The molecule has 0 saturated carbocycles. The van der Waals surface area contributed by atoms with Gasteiger partial charge < -0.3 is 10.0 Å². The second-order valence-corrected chi connectivity index (χ2v) is 5.47. The first-order chi connectivity index (χ1) is 9.56. The summed E-state index contributed by atoms with van der Waals surface area (Å²) < 4.78 is 13.4. The second kappa shape index (κ2) is 5.08. The highest BCUT2D eigenvalue weighted by Gasteiger charge is 2.22. The van der Waals surface area contributed by atoms with Crippen LogP contribution in [-0.4, -0.2) is 11.7 Å². The number of fused-ring (bicyclic) bond motifs is 1. The van der Waals surface area contributed by atoms with Crippen molar-refractivity contribution >= 4 is 23.0 Å². The summed E-state index contributed by atoms with van der Waals surface area (Å²) >= 11 is 6.31. The zero-order valence-electron chi connectivity index (χ0n) is 11.1. The molecule has 0 radical (unpaired) electrons. The lowest BCUT2D eigenvalue weighted by molar-refractivity contribution is 0.199. The van der Waals surface area contributed by atoms with Crippen molar-refractivity contribution in [2.24, 2.45) is 0 Å². The third kappa shape index (κ3) is 2.28. The average molecular weight is 292 g/mol. The molecule has 4 heteroatoms. The first-order valence-corrected chi connectivity index (χ1v) is 6.97. The van der Waals surface area contributed by atoms with Crippen LogP contribution in [0.4, 0.5) is 15.8 Å². The van der Waals surface area contributed by atoms with Gasteiger partial charge in [-0.2, -0.15) is 0 Å². The van der Waals surface area contributed by atoms with Gasteiger partial charge >= 0.3 is 0 Å². The van der Waals surface area contributed by atoms with Gasteiger partial charge in [0, 0.05) is 12.2 Å². The number of hydrogen-bond donors (Lipinski definition) is 1. The lowest BCUT2D eigenvalue weighted by Gasteiger charge is -2.21. The number of rotatable bonds is 2. The number of aliphatic hydroxyl groups excluding tert-OH is 1. The minimum absolute atomic E-state index is 0.243. The molecule has 1 aliphatic rings. The van der Waals surface area contributed by atoms with E-state index in [0.29, 0.717) is 5.02 Å². The van der Waals surface area contributed by atoms with E-state index in [1.807, 2.05) is 23.1 Å². The highest BCUT2D eigenvalue weighted by Crippen LogP contribution is 2.39. The van der Waals surface area contributed by atoms with Crippen molar-refractivity contribution in [3.05, 3.63) is 58.4 Å². The molecule has 0 aromatic heterocycles. The van der Waals surface area contributed by atoms with Gasteiger partial charge in [0.05, 0.1) is 16.8 Å². The molecule has 1 unspecified atom stereocenters. The maximum absolute atomic E-state index is 13.4. The third-order valence-corrected chi connectivity index (χ3v) is 3.99. The van der Waals surface area contributed by atoms with E-state index in [1.54, 1.807) is 19.1 Å². The Labute approximate surface area is 122 Å². The van der Waals surface area contributed by atoms with Gasteiger partial charge in [-0.3, -0.25) is 0 Å². The minimum Gasteiger partial charge on any atom is -0.389 e. The predicted molar refractivity (Wildman–Crippen MR) is 79.2 cm³/mol. The fourth-order valence-electron chi connectivity index (χ4n) is 2.60. The molecule has 2 nitrogen and oxygen atoms in total. The monoisotopic (exact) mass is 291 g/mol. The molecule has 0 aliphatic carbocycles. The molecule has 0 spiro atoms. The topological polar surface area (TPSA) is 23.5 Å². The van der Waals surface area contributed by atoms with Crippen LogP contribution in [0, 0.1) is 5.82 Å². The third-order valence-electron chi connectivity index (χ3n) is 3.69. The fraction of sp³-hybridized carbons (Fsp3) is 0.250. The molecule has 0 fully saturated rings. The Bertz CT molecular complexity index is 657. The molecule has 0 saturated heterocycles. The molecule has 2 aromatic rings. The van der Waals surface area contributed by atoms with E-state index < -0.39 is 6.10 Å². The van der Waals surface area contributed by atoms with E-state index in [2.05, 4.69) is 0 Å². The molecule has 3 rings (SSSR count). The lowest BCUT2D eigenvalue weighted by Crippen LogP contribution is -2.14. The van der Waals surface area contributed by atoms with Crippen molar-refractivity contribution < 1.29 is 9.50 Å². The number of halogens is 2. The summed E-state index contributed by atoms with van der Waals surface area (Å²) in [6.07, 6.45) is 0.328. The largest absolute Gasteiger partial charge is 0.389 e. The first-order valence-electron chi connectivity index (χ1n) is 6.60. The van der Waals surface area contributed by atoms with Crippen LogP contribution in [0.2, 0.25) is 5.02 Å². The molecule has 1 heterocycles. The van der Waals surface area contributed by atoms with Crippen molar-refractivity contribution in [3.63, 3.8) is 0 Å². The van der Waals surface area contributed by atoms with E-state index in [9.17, 15) is 9.50 Å². The highest BCUT2D eigenvalue weighted by atomic mass is 35.5. The summed E-state index contributed by atoms with van der Waals surface area (Å²) in [5.41, 5.74) is 3.62. The van der Waals surface area contributed by atoms with E-state index in [0.717, 1.165) is 35.5 Å². The number of anilines is 2. The minimum atomic E-state index is -0.551. The quantitative estimate of drug-likeness (QED) is 0.895. The molecule has 104 valence electrons. The number of hydrogen-bond acceptors (Lipinski definition) is 2. The molecule has 1 atom stereocenters. The highest BCUT2D eigenvalue weighted by molar-refractivity contribution is 6.33. The summed E-state index contributed by atoms with van der Waals surface area (Å²) in [6.45, 7) is 2.48. The molecular formula is C16H15ClFNO. The Hall–Kier alpha value is -1.58. The van der Waals surface area contributed by atoms with Crippen LogP contribution in [-0.2, 0) is 6.42 Å². The smallest absolute Gasteiger partial charge is 0.125 e. The SMILES string of the molecule is CC(O)c1ccc(N2CCc3ccc(F)cc32)c(Cl)c1. The van der Waals surface area contributed by atoms with Crippen LogP contribution in [0.3, 0.4) is 0 Å². The van der Waals surface area contributed by atoms with Crippen LogP contribution in [0.1, 0.15) is 24.2 Å². The van der Waals surface area contributed by atoms with E-state index in [4.69, 9.17) is 11.6 Å². The van der Waals surface area contributed by atoms with E-state index in [-0.39, 0.29) is 5.82 Å². The van der Waals surface area contributed by atoms with Gasteiger partial charge in [-0.1, -0.05) is 23.7 Å². The summed E-state index contributed by atoms with van der Waals surface area (Å²) in [6, 6.07) is 10.3. The van der Waals surface area contributed by atoms with Crippen LogP contribution < -0.4 is 4.90 Å². The molecule has 2 aromatic carbocycles. The molecule has 20 heavy (non-hydrogen) atoms. The molecular weight excluding hydrogens is 277 g/mol. The summed E-state index contributed by atoms with van der Waals surface area (Å²) in [5, 5.41) is 10.1. The lowest BCUT2D eigenvalue weighted by atomic mass is 10.1. The Morgan fingerprint density at radius 3 is 2.70 bits per heavy atom. The maximum atomic E-state index is 13.4. The molecule has 0 bridgehead atoms. The van der Waals surface area contributed by atoms with E-state index in [1.165, 1.54) is 6.07 Å². The number of aliphatic hydroxyl groups is 1. The van der Waals surface area contributed by atoms with Crippen molar-refractivity contribution in [1.82, 2.24) is 0 Å². The standard InChI is InChI=1S/C16H15ClFNO/c1-10(20)12-3-5-15(14(17)8-12)19-7-6-11-2-4-13(18)9-16(11)19/h2-5,8-10,20H,6-7H2,1H3. The Kier molecular flexibility index (Phi) is 3.40. The van der Waals surface area contributed by atoms with Gasteiger partial charge in [0.1, 0.15) is 5.82 Å². The zero-order valence-corrected chi connectivity index (χ0v) is 11.9. The summed E-state index contributed by atoms with van der Waals surface area (Å²) in [4.78, 5) is 2.02. The second-order valence-electron chi connectivity index (χ2n) is 5.06. The van der Waals surface area contributed by atoms with Gasteiger partial charge in [0.25, 0.3) is 0 Å². The predicted octanol–water partition coefficient (Wildman–Crippen LogP) is 4.23. The Balaban J connectivity index is 2.02.